The molecule has 1 heterocycles. The molecule has 1 unspecified atom stereocenters. The Morgan fingerprint density at radius 2 is 2.11 bits per heavy atom. The van der Waals surface area contributed by atoms with Crippen molar-refractivity contribution in [1.29, 1.82) is 0 Å². The minimum Gasteiger partial charge on any atom is -0.295 e. The van der Waals surface area contributed by atoms with Crippen LogP contribution in [0.15, 0.2) is 34.7 Å². The van der Waals surface area contributed by atoms with E-state index in [1.54, 1.807) is 17.4 Å². The van der Waals surface area contributed by atoms with Crippen molar-refractivity contribution in [3.63, 3.8) is 0 Å². The maximum Gasteiger partial charge on any atom is 0.168 e. The summed E-state index contributed by atoms with van der Waals surface area (Å²) in [6.07, 6.45) is 6.49. The predicted octanol–water partition coefficient (Wildman–Crippen LogP) is 3.79. The van der Waals surface area contributed by atoms with E-state index < -0.39 is 5.41 Å². The van der Waals surface area contributed by atoms with Crippen molar-refractivity contribution in [2.24, 2.45) is 5.41 Å². The van der Waals surface area contributed by atoms with Gasteiger partial charge in [0, 0.05) is 11.3 Å². The molecule has 0 saturated heterocycles. The monoisotopic (exact) mass is 272 g/mol. The number of hydrogen-bond acceptors (Lipinski definition) is 3. The molecule has 2 nitrogen and oxygen atoms in total. The molecule has 0 amide bonds. The summed E-state index contributed by atoms with van der Waals surface area (Å²) in [6, 6.07) is 4.03. The van der Waals surface area contributed by atoms with E-state index in [9.17, 15) is 9.59 Å². The van der Waals surface area contributed by atoms with Crippen LogP contribution in [0.1, 0.15) is 37.5 Å². The summed E-state index contributed by atoms with van der Waals surface area (Å²) in [4.78, 5) is 25.3. The van der Waals surface area contributed by atoms with Gasteiger partial charge in [0.2, 0.25) is 0 Å². The fraction of sp³-hybridized carbons (Fsp3) is 0.375. The third-order valence-corrected chi connectivity index (χ3v) is 5.05. The van der Waals surface area contributed by atoms with Gasteiger partial charge in [0.15, 0.2) is 11.6 Å². The van der Waals surface area contributed by atoms with Gasteiger partial charge in [-0.2, -0.15) is 0 Å². The molecule has 0 bridgehead atoms. The van der Waals surface area contributed by atoms with Gasteiger partial charge in [-0.15, -0.1) is 11.3 Å². The number of Topliss-reactive ketones (excluding diaryl/α,β-unsaturated/α-hetero) is 1. The number of ketones is 2. The second-order valence-corrected chi connectivity index (χ2v) is 6.46. The number of carbonyl (C=O) groups excluding carboxylic acids is 2. The van der Waals surface area contributed by atoms with Crippen molar-refractivity contribution in [2.45, 2.75) is 32.6 Å². The van der Waals surface area contributed by atoms with Crippen molar-refractivity contribution >= 4 is 29.0 Å². The molecule has 98 valence electrons. The summed E-state index contributed by atoms with van der Waals surface area (Å²) in [7, 11) is 0. The molecule has 1 fully saturated rings. The maximum atomic E-state index is 12.7. The lowest BCUT2D eigenvalue weighted by atomic mass is 9.63. The van der Waals surface area contributed by atoms with Crippen molar-refractivity contribution in [3.8, 4) is 0 Å². The third kappa shape index (κ3) is 2.12. The molecule has 3 heteroatoms. The normalized spacial score (nSPS) is 29.3. The van der Waals surface area contributed by atoms with Crippen molar-refractivity contribution in [1.82, 2.24) is 0 Å². The first-order chi connectivity index (χ1) is 9.09. The predicted molar refractivity (Wildman–Crippen MR) is 77.0 cm³/mol. The summed E-state index contributed by atoms with van der Waals surface area (Å²) < 4.78 is 0. The number of fused-ring (bicyclic) bond motifs is 1. The van der Waals surface area contributed by atoms with E-state index in [2.05, 4.69) is 0 Å². The molecule has 1 saturated carbocycles. The van der Waals surface area contributed by atoms with E-state index in [4.69, 9.17) is 0 Å². The van der Waals surface area contributed by atoms with E-state index in [0.717, 1.165) is 28.9 Å². The summed E-state index contributed by atoms with van der Waals surface area (Å²) in [6.45, 7) is 2.00. The number of carbonyl (C=O) groups is 2. The standard InChI is InChI=1S/C16H16O2S/c1-16-7-6-13(17)10-12(16)5-4-11(15(16)18)9-14-3-2-8-19-14/h2-3,8-10H,4-7H2,1H3. The highest BCUT2D eigenvalue weighted by atomic mass is 32.1. The van der Waals surface area contributed by atoms with Gasteiger partial charge in [-0.05, 0) is 55.4 Å². The SMILES string of the molecule is CC12CCC(=O)C=C1CCC(=Cc1cccs1)C2=O. The molecular formula is C16H16O2S. The van der Waals surface area contributed by atoms with Crippen LogP contribution in [0, 0.1) is 5.41 Å². The van der Waals surface area contributed by atoms with E-state index >= 15 is 0 Å². The Kier molecular flexibility index (Phi) is 3.02. The highest BCUT2D eigenvalue weighted by Crippen LogP contribution is 2.46. The average molecular weight is 272 g/mol. The lowest BCUT2D eigenvalue weighted by molar-refractivity contribution is -0.125. The highest BCUT2D eigenvalue weighted by molar-refractivity contribution is 7.10. The summed E-state index contributed by atoms with van der Waals surface area (Å²) >= 11 is 1.65. The van der Waals surface area contributed by atoms with Crippen LogP contribution in [0.2, 0.25) is 0 Å². The fourth-order valence-corrected chi connectivity index (χ4v) is 3.67. The van der Waals surface area contributed by atoms with Crippen LogP contribution >= 0.6 is 11.3 Å². The molecule has 1 atom stereocenters. The van der Waals surface area contributed by atoms with Gasteiger partial charge >= 0.3 is 0 Å². The fourth-order valence-electron chi connectivity index (χ4n) is 2.99. The Balaban J connectivity index is 1.96. The second kappa shape index (κ2) is 4.57. The first-order valence-corrected chi connectivity index (χ1v) is 7.50. The molecule has 0 aliphatic heterocycles. The van der Waals surface area contributed by atoms with Crippen LogP contribution < -0.4 is 0 Å². The van der Waals surface area contributed by atoms with Crippen LogP contribution in [0.3, 0.4) is 0 Å². The largest absolute Gasteiger partial charge is 0.295 e. The molecule has 0 N–H and O–H groups in total. The second-order valence-electron chi connectivity index (χ2n) is 5.48. The molecule has 3 rings (SSSR count). The summed E-state index contributed by atoms with van der Waals surface area (Å²) in [5.74, 6) is 0.386. The zero-order valence-corrected chi connectivity index (χ0v) is 11.8. The van der Waals surface area contributed by atoms with Gasteiger partial charge in [0.25, 0.3) is 0 Å². The van der Waals surface area contributed by atoms with E-state index in [0.29, 0.717) is 12.8 Å². The minimum absolute atomic E-state index is 0.172. The van der Waals surface area contributed by atoms with Crippen LogP contribution in [0.5, 0.6) is 0 Å². The molecule has 0 radical (unpaired) electrons. The van der Waals surface area contributed by atoms with Crippen molar-refractivity contribution < 1.29 is 9.59 Å². The summed E-state index contributed by atoms with van der Waals surface area (Å²) in [5.41, 5.74) is 1.52. The third-order valence-electron chi connectivity index (χ3n) is 4.23. The number of allylic oxidation sites excluding steroid dienone is 3. The lowest BCUT2D eigenvalue weighted by Gasteiger charge is -2.38. The molecule has 2 aliphatic carbocycles. The maximum absolute atomic E-state index is 12.7. The van der Waals surface area contributed by atoms with E-state index in [-0.39, 0.29) is 11.6 Å². The molecule has 0 spiro atoms. The van der Waals surface area contributed by atoms with Gasteiger partial charge in [-0.3, -0.25) is 9.59 Å². The molecule has 0 aromatic carbocycles. The first kappa shape index (κ1) is 12.5. The smallest absolute Gasteiger partial charge is 0.168 e. The zero-order chi connectivity index (χ0) is 13.5. The van der Waals surface area contributed by atoms with Crippen LogP contribution in [0.4, 0.5) is 0 Å². The zero-order valence-electron chi connectivity index (χ0n) is 10.9. The van der Waals surface area contributed by atoms with Crippen molar-refractivity contribution in [3.05, 3.63) is 39.6 Å². The van der Waals surface area contributed by atoms with Crippen LogP contribution in [-0.2, 0) is 9.59 Å². The van der Waals surface area contributed by atoms with E-state index in [1.165, 1.54) is 0 Å². The Bertz CT molecular complexity index is 592. The minimum atomic E-state index is -0.435. The highest BCUT2D eigenvalue weighted by Gasteiger charge is 2.43. The Labute approximate surface area is 116 Å². The quantitative estimate of drug-likeness (QED) is 0.729. The molecule has 1 aromatic heterocycles. The Hall–Kier alpha value is -1.48. The van der Waals surface area contributed by atoms with Gasteiger partial charge in [-0.1, -0.05) is 11.6 Å². The Morgan fingerprint density at radius 1 is 1.26 bits per heavy atom. The van der Waals surface area contributed by atoms with Gasteiger partial charge < -0.3 is 0 Å². The van der Waals surface area contributed by atoms with E-state index in [1.807, 2.05) is 30.5 Å². The molecular weight excluding hydrogens is 256 g/mol. The number of hydrogen-bond donors (Lipinski definition) is 0. The Morgan fingerprint density at radius 3 is 2.84 bits per heavy atom. The number of rotatable bonds is 1. The van der Waals surface area contributed by atoms with Crippen molar-refractivity contribution in [2.75, 3.05) is 0 Å². The molecule has 2 aliphatic rings. The average Bonchev–Trinajstić information content (AvgIpc) is 2.89. The lowest BCUT2D eigenvalue weighted by Crippen LogP contribution is -2.38. The number of thiophene rings is 1. The van der Waals surface area contributed by atoms with Gasteiger partial charge in [0.05, 0.1) is 5.41 Å². The van der Waals surface area contributed by atoms with Gasteiger partial charge in [0.1, 0.15) is 0 Å². The van der Waals surface area contributed by atoms with Crippen LogP contribution in [0.25, 0.3) is 6.08 Å². The topological polar surface area (TPSA) is 34.1 Å². The van der Waals surface area contributed by atoms with Gasteiger partial charge in [-0.25, -0.2) is 0 Å². The summed E-state index contributed by atoms with van der Waals surface area (Å²) in [5, 5.41) is 2.02. The molecule has 19 heavy (non-hydrogen) atoms. The molecule has 1 aromatic rings. The first-order valence-electron chi connectivity index (χ1n) is 6.62. The van der Waals surface area contributed by atoms with Crippen LogP contribution in [-0.4, -0.2) is 11.6 Å².